The molecule has 2 aliphatic heterocycles. The van der Waals surface area contributed by atoms with Gasteiger partial charge in [0.2, 0.25) is 11.8 Å². The summed E-state index contributed by atoms with van der Waals surface area (Å²) in [6.07, 6.45) is 2.76. The van der Waals surface area contributed by atoms with Gasteiger partial charge in [-0.1, -0.05) is 12.1 Å². The summed E-state index contributed by atoms with van der Waals surface area (Å²) in [5, 5.41) is 6.57. The Kier molecular flexibility index (Phi) is 3.87. The Balaban J connectivity index is 1.62. The minimum absolute atomic E-state index is 0.104. The van der Waals surface area contributed by atoms with Crippen molar-refractivity contribution in [3.63, 3.8) is 0 Å². The average molecular weight is 293 g/mol. The van der Waals surface area contributed by atoms with Crippen LogP contribution in [0, 0.1) is 0 Å². The van der Waals surface area contributed by atoms with Crippen LogP contribution >= 0.6 is 0 Å². The first-order chi connectivity index (χ1) is 10.2. The molecule has 3 rings (SSSR count). The van der Waals surface area contributed by atoms with Crippen molar-refractivity contribution in [2.24, 2.45) is 0 Å². The SMILES string of the molecule is CCc1nc(C2CCCN2CCN2C(=O)CNC2=O)no1. The monoisotopic (exact) mass is 293 g/mol. The number of aromatic nitrogens is 2. The zero-order valence-electron chi connectivity index (χ0n) is 12.0. The van der Waals surface area contributed by atoms with Crippen LogP contribution in [0.15, 0.2) is 4.52 Å². The second kappa shape index (κ2) is 5.80. The van der Waals surface area contributed by atoms with Crippen LogP contribution in [0.25, 0.3) is 0 Å². The highest BCUT2D eigenvalue weighted by atomic mass is 16.5. The van der Waals surface area contributed by atoms with E-state index in [1.165, 1.54) is 4.90 Å². The first-order valence-electron chi connectivity index (χ1n) is 7.33. The Labute approximate surface area is 122 Å². The van der Waals surface area contributed by atoms with Crippen LogP contribution < -0.4 is 5.32 Å². The molecule has 114 valence electrons. The van der Waals surface area contributed by atoms with Gasteiger partial charge < -0.3 is 9.84 Å². The van der Waals surface area contributed by atoms with E-state index >= 15 is 0 Å². The van der Waals surface area contributed by atoms with Gasteiger partial charge in [0.1, 0.15) is 0 Å². The number of carbonyl (C=O) groups is 2. The Morgan fingerprint density at radius 2 is 2.24 bits per heavy atom. The third-order valence-electron chi connectivity index (χ3n) is 4.00. The molecule has 1 atom stereocenters. The lowest BCUT2D eigenvalue weighted by molar-refractivity contribution is -0.125. The van der Waals surface area contributed by atoms with Crippen molar-refractivity contribution >= 4 is 11.9 Å². The third kappa shape index (κ3) is 2.76. The van der Waals surface area contributed by atoms with Crippen molar-refractivity contribution in [2.45, 2.75) is 32.2 Å². The molecule has 3 amide bonds. The summed E-state index contributed by atoms with van der Waals surface area (Å²) in [5.74, 6) is 1.19. The molecule has 21 heavy (non-hydrogen) atoms. The molecule has 0 spiro atoms. The molecule has 8 heteroatoms. The van der Waals surface area contributed by atoms with E-state index in [4.69, 9.17) is 4.52 Å². The molecule has 0 saturated carbocycles. The molecule has 2 aliphatic rings. The maximum Gasteiger partial charge on any atom is 0.324 e. The zero-order valence-corrected chi connectivity index (χ0v) is 12.0. The highest BCUT2D eigenvalue weighted by Gasteiger charge is 2.33. The number of likely N-dealkylation sites (tertiary alicyclic amines) is 1. The number of hydrogen-bond donors (Lipinski definition) is 1. The topological polar surface area (TPSA) is 91.6 Å². The number of urea groups is 1. The van der Waals surface area contributed by atoms with Gasteiger partial charge in [-0.3, -0.25) is 14.6 Å². The van der Waals surface area contributed by atoms with Gasteiger partial charge in [-0.15, -0.1) is 0 Å². The van der Waals surface area contributed by atoms with Crippen LogP contribution in [-0.4, -0.2) is 58.1 Å². The lowest BCUT2D eigenvalue weighted by atomic mass is 10.2. The van der Waals surface area contributed by atoms with Crippen LogP contribution in [0.2, 0.25) is 0 Å². The van der Waals surface area contributed by atoms with E-state index in [1.807, 2.05) is 6.92 Å². The number of nitrogens with one attached hydrogen (secondary N) is 1. The Hall–Kier alpha value is -1.96. The highest BCUT2D eigenvalue weighted by Crippen LogP contribution is 2.29. The van der Waals surface area contributed by atoms with Crippen molar-refractivity contribution in [1.82, 2.24) is 25.3 Å². The molecule has 1 aromatic rings. The van der Waals surface area contributed by atoms with E-state index in [0.29, 0.717) is 24.8 Å². The van der Waals surface area contributed by atoms with E-state index in [-0.39, 0.29) is 24.5 Å². The van der Waals surface area contributed by atoms with Gasteiger partial charge >= 0.3 is 6.03 Å². The summed E-state index contributed by atoms with van der Waals surface area (Å²) in [4.78, 5) is 31.0. The molecule has 8 nitrogen and oxygen atoms in total. The zero-order chi connectivity index (χ0) is 14.8. The summed E-state index contributed by atoms with van der Waals surface area (Å²) in [6, 6.07) is -0.182. The lowest BCUT2D eigenvalue weighted by Crippen LogP contribution is -2.38. The minimum atomic E-state index is -0.302. The molecule has 0 radical (unpaired) electrons. The standard InChI is InChI=1S/C13H19N5O3/c1-2-10-15-12(16-21-10)9-4-3-5-17(9)6-7-18-11(19)8-14-13(18)20/h9H,2-8H2,1H3,(H,14,20). The normalized spacial score (nSPS) is 23.1. The molecule has 0 aliphatic carbocycles. The molecule has 0 bridgehead atoms. The molecule has 0 aromatic carbocycles. The maximum atomic E-state index is 11.6. The largest absolute Gasteiger partial charge is 0.339 e. The molecule has 1 aromatic heterocycles. The predicted octanol–water partition coefficient (Wildman–Crippen LogP) is 0.321. The van der Waals surface area contributed by atoms with Crippen molar-refractivity contribution in [1.29, 1.82) is 0 Å². The van der Waals surface area contributed by atoms with Gasteiger partial charge in [0, 0.05) is 19.5 Å². The number of nitrogens with zero attached hydrogens (tertiary/aromatic N) is 4. The van der Waals surface area contributed by atoms with Crippen molar-refractivity contribution in [3.05, 3.63) is 11.7 Å². The second-order valence-electron chi connectivity index (χ2n) is 5.30. The number of imide groups is 1. The van der Waals surface area contributed by atoms with Crippen LogP contribution in [0.4, 0.5) is 4.79 Å². The first kappa shape index (κ1) is 14.0. The van der Waals surface area contributed by atoms with Gasteiger partial charge in [0.25, 0.3) is 0 Å². The van der Waals surface area contributed by atoms with Gasteiger partial charge in [-0.25, -0.2) is 4.79 Å². The molecule has 2 fully saturated rings. The molecule has 2 saturated heterocycles. The van der Waals surface area contributed by atoms with Crippen molar-refractivity contribution < 1.29 is 14.1 Å². The molecule has 3 heterocycles. The smallest absolute Gasteiger partial charge is 0.324 e. The molecule has 1 N–H and O–H groups in total. The number of carbonyl (C=O) groups excluding carboxylic acids is 2. The molecule has 1 unspecified atom stereocenters. The molecular weight excluding hydrogens is 274 g/mol. The Morgan fingerprint density at radius 1 is 1.38 bits per heavy atom. The van der Waals surface area contributed by atoms with Crippen molar-refractivity contribution in [3.8, 4) is 0 Å². The van der Waals surface area contributed by atoms with Gasteiger partial charge in [-0.2, -0.15) is 4.98 Å². The fourth-order valence-electron chi connectivity index (χ4n) is 2.84. The minimum Gasteiger partial charge on any atom is -0.339 e. The number of aryl methyl sites for hydroxylation is 1. The highest BCUT2D eigenvalue weighted by molar-refractivity contribution is 6.01. The van der Waals surface area contributed by atoms with Gasteiger partial charge in [-0.05, 0) is 19.4 Å². The maximum absolute atomic E-state index is 11.6. The van der Waals surface area contributed by atoms with E-state index in [9.17, 15) is 9.59 Å². The first-order valence-corrected chi connectivity index (χ1v) is 7.33. The third-order valence-corrected chi connectivity index (χ3v) is 4.00. The average Bonchev–Trinajstić information content (AvgIpc) is 3.18. The molecular formula is C13H19N5O3. The van der Waals surface area contributed by atoms with Gasteiger partial charge in [0.15, 0.2) is 5.82 Å². The quantitative estimate of drug-likeness (QED) is 0.786. The summed E-state index contributed by atoms with van der Waals surface area (Å²) < 4.78 is 5.17. The van der Waals surface area contributed by atoms with E-state index in [1.54, 1.807) is 0 Å². The predicted molar refractivity (Wildman–Crippen MR) is 72.3 cm³/mol. The van der Waals surface area contributed by atoms with Gasteiger partial charge in [0.05, 0.1) is 12.6 Å². The Bertz CT molecular complexity index is 528. The second-order valence-corrected chi connectivity index (χ2v) is 5.30. The van der Waals surface area contributed by atoms with Crippen LogP contribution in [0.3, 0.4) is 0 Å². The number of hydrogen-bond acceptors (Lipinski definition) is 6. The summed E-state index contributed by atoms with van der Waals surface area (Å²) in [5.41, 5.74) is 0. The summed E-state index contributed by atoms with van der Waals surface area (Å²) in [7, 11) is 0. The van der Waals surface area contributed by atoms with Crippen LogP contribution in [-0.2, 0) is 11.2 Å². The van der Waals surface area contributed by atoms with E-state index < -0.39 is 0 Å². The Morgan fingerprint density at radius 3 is 2.90 bits per heavy atom. The van der Waals surface area contributed by atoms with Crippen molar-refractivity contribution in [2.75, 3.05) is 26.2 Å². The van der Waals surface area contributed by atoms with E-state index in [2.05, 4.69) is 20.4 Å². The summed E-state index contributed by atoms with van der Waals surface area (Å²) in [6.45, 7) is 4.04. The number of rotatable bonds is 5. The summed E-state index contributed by atoms with van der Waals surface area (Å²) >= 11 is 0. The fraction of sp³-hybridized carbons (Fsp3) is 0.692. The van der Waals surface area contributed by atoms with Crippen LogP contribution in [0.5, 0.6) is 0 Å². The number of amides is 3. The van der Waals surface area contributed by atoms with E-state index in [0.717, 1.165) is 25.8 Å². The van der Waals surface area contributed by atoms with Crippen LogP contribution in [0.1, 0.15) is 37.5 Å². The fourth-order valence-corrected chi connectivity index (χ4v) is 2.84. The lowest BCUT2D eigenvalue weighted by Gasteiger charge is -2.23.